The molecule has 3 nitrogen and oxygen atoms in total. The summed E-state index contributed by atoms with van der Waals surface area (Å²) in [6, 6.07) is 10.3. The van der Waals surface area contributed by atoms with Crippen LogP contribution in [0.3, 0.4) is 0 Å². The van der Waals surface area contributed by atoms with Gasteiger partial charge in [0.05, 0.1) is 0 Å². The van der Waals surface area contributed by atoms with Crippen LogP contribution in [0.1, 0.15) is 45.7 Å². The number of benzene rings is 1. The second kappa shape index (κ2) is 7.56. The maximum absolute atomic E-state index is 12.2. The highest BCUT2D eigenvalue weighted by atomic mass is 32.1. The van der Waals surface area contributed by atoms with Crippen molar-refractivity contribution in [3.05, 3.63) is 56.8 Å². The van der Waals surface area contributed by atoms with Crippen molar-refractivity contribution < 1.29 is 10.2 Å². The lowest BCUT2D eigenvalue weighted by Gasteiger charge is -2.54. The molecular formula is C25H29NO2S. The van der Waals surface area contributed by atoms with E-state index in [4.69, 9.17) is 6.42 Å². The van der Waals surface area contributed by atoms with Gasteiger partial charge in [-0.1, -0.05) is 36.3 Å². The van der Waals surface area contributed by atoms with Gasteiger partial charge in [0.15, 0.2) is 0 Å². The smallest absolute Gasteiger partial charge is 0.129 e. The summed E-state index contributed by atoms with van der Waals surface area (Å²) in [4.78, 5) is 4.78. The molecule has 152 valence electrons. The van der Waals surface area contributed by atoms with Gasteiger partial charge in [-0.15, -0.1) is 17.8 Å². The molecule has 0 saturated carbocycles. The third kappa shape index (κ3) is 3.07. The van der Waals surface area contributed by atoms with Gasteiger partial charge < -0.3 is 10.2 Å². The molecule has 4 aliphatic rings. The molecule has 2 N–H and O–H groups in total. The summed E-state index contributed by atoms with van der Waals surface area (Å²) < 4.78 is 0. The van der Waals surface area contributed by atoms with E-state index >= 15 is 0 Å². The number of terminal acetylenes is 1. The van der Waals surface area contributed by atoms with E-state index in [1.165, 1.54) is 21.6 Å². The molecule has 1 aromatic heterocycles. The van der Waals surface area contributed by atoms with Crippen molar-refractivity contribution in [3.63, 3.8) is 0 Å². The lowest BCUT2D eigenvalue weighted by atomic mass is 9.68. The highest BCUT2D eigenvalue weighted by Gasteiger charge is 2.55. The molecule has 2 aromatic rings. The first-order chi connectivity index (χ1) is 14.1. The molecule has 2 bridgehead atoms. The molecule has 3 aliphatic heterocycles. The Morgan fingerprint density at radius 3 is 2.62 bits per heavy atom. The van der Waals surface area contributed by atoms with Gasteiger partial charge in [-0.05, 0) is 80.1 Å². The molecule has 0 radical (unpaired) electrons. The van der Waals surface area contributed by atoms with Gasteiger partial charge >= 0.3 is 0 Å². The quantitative estimate of drug-likeness (QED) is 0.764. The van der Waals surface area contributed by atoms with E-state index in [2.05, 4.69) is 41.2 Å². The largest absolute Gasteiger partial charge is 0.396 e. The van der Waals surface area contributed by atoms with E-state index < -0.39 is 5.60 Å². The van der Waals surface area contributed by atoms with Crippen LogP contribution in [-0.4, -0.2) is 40.9 Å². The van der Waals surface area contributed by atoms with E-state index in [0.29, 0.717) is 5.92 Å². The van der Waals surface area contributed by atoms with Crippen molar-refractivity contribution in [1.82, 2.24) is 4.90 Å². The Kier molecular flexibility index (Phi) is 5.04. The third-order valence-corrected chi connectivity index (χ3v) is 8.85. The second-order valence-corrected chi connectivity index (χ2v) is 10.1. The van der Waals surface area contributed by atoms with Gasteiger partial charge in [-0.2, -0.15) is 0 Å². The number of rotatable bonds is 4. The third-order valence-electron chi connectivity index (χ3n) is 7.41. The zero-order chi connectivity index (χ0) is 20.0. The molecule has 4 heteroatoms. The minimum atomic E-state index is -0.952. The fourth-order valence-corrected chi connectivity index (χ4v) is 7.50. The van der Waals surface area contributed by atoms with Crippen LogP contribution in [0.25, 0.3) is 0 Å². The number of piperidine rings is 3. The summed E-state index contributed by atoms with van der Waals surface area (Å²) in [5, 5.41) is 21.9. The SMILES string of the molecule is C#CC1N2CCC(CC2)C1(O)c1sc2c(c1Cc1ccccc1)CCC(CO)C2. The van der Waals surface area contributed by atoms with Crippen LogP contribution < -0.4 is 0 Å². The summed E-state index contributed by atoms with van der Waals surface area (Å²) in [5.41, 5.74) is 3.05. The number of aliphatic hydroxyl groups excluding tert-OH is 1. The molecule has 4 heterocycles. The number of fused-ring (bicyclic) bond motifs is 4. The first kappa shape index (κ1) is 19.3. The van der Waals surface area contributed by atoms with Crippen molar-refractivity contribution in [2.45, 2.75) is 50.2 Å². The van der Waals surface area contributed by atoms with Crippen LogP contribution in [0.4, 0.5) is 0 Å². The summed E-state index contributed by atoms with van der Waals surface area (Å²) in [6.07, 6.45) is 11.8. The topological polar surface area (TPSA) is 43.7 Å². The minimum Gasteiger partial charge on any atom is -0.396 e. The lowest BCUT2D eigenvalue weighted by Crippen LogP contribution is -2.63. The van der Waals surface area contributed by atoms with Crippen LogP contribution in [0, 0.1) is 24.2 Å². The van der Waals surface area contributed by atoms with Crippen LogP contribution in [0.15, 0.2) is 30.3 Å². The van der Waals surface area contributed by atoms with E-state index in [1.807, 2.05) is 0 Å². The highest BCUT2D eigenvalue weighted by Crippen LogP contribution is 2.52. The van der Waals surface area contributed by atoms with Crippen molar-refractivity contribution in [2.75, 3.05) is 19.7 Å². The highest BCUT2D eigenvalue weighted by molar-refractivity contribution is 7.12. The van der Waals surface area contributed by atoms with E-state index in [9.17, 15) is 10.2 Å². The van der Waals surface area contributed by atoms with Crippen LogP contribution >= 0.6 is 11.3 Å². The Hall–Kier alpha value is -1.64. The molecule has 29 heavy (non-hydrogen) atoms. The standard InChI is InChI=1S/C25H29NO2S/c1-2-23-25(28,19-10-12-26(23)13-11-19)24-21(14-17-6-4-3-5-7-17)20-9-8-18(16-27)15-22(20)29-24/h1,3-7,18-19,23,27-28H,8-16H2. The average Bonchev–Trinajstić information content (AvgIpc) is 3.13. The first-order valence-electron chi connectivity index (χ1n) is 10.9. The Bertz CT molecular complexity index is 922. The van der Waals surface area contributed by atoms with Gasteiger partial charge in [0.25, 0.3) is 0 Å². The Morgan fingerprint density at radius 2 is 1.93 bits per heavy atom. The van der Waals surface area contributed by atoms with Crippen LogP contribution in [0.5, 0.6) is 0 Å². The average molecular weight is 408 g/mol. The summed E-state index contributed by atoms with van der Waals surface area (Å²) in [7, 11) is 0. The minimum absolute atomic E-state index is 0.233. The maximum Gasteiger partial charge on any atom is 0.129 e. The number of thiophene rings is 1. The fraction of sp³-hybridized carbons (Fsp3) is 0.520. The van der Waals surface area contributed by atoms with E-state index in [0.717, 1.165) is 56.5 Å². The molecule has 1 aromatic carbocycles. The zero-order valence-electron chi connectivity index (χ0n) is 16.8. The molecule has 3 unspecified atom stereocenters. The molecule has 3 atom stereocenters. The number of hydrogen-bond donors (Lipinski definition) is 2. The summed E-state index contributed by atoms with van der Waals surface area (Å²) >= 11 is 1.78. The Balaban J connectivity index is 1.64. The molecule has 0 spiro atoms. The van der Waals surface area contributed by atoms with Crippen LogP contribution in [-0.2, 0) is 24.9 Å². The van der Waals surface area contributed by atoms with Crippen LogP contribution in [0.2, 0.25) is 0 Å². The second-order valence-electron chi connectivity index (χ2n) is 8.97. The van der Waals surface area contributed by atoms with E-state index in [1.54, 1.807) is 11.3 Å². The first-order valence-corrected chi connectivity index (χ1v) is 11.7. The van der Waals surface area contributed by atoms with Crippen molar-refractivity contribution in [2.24, 2.45) is 11.8 Å². The molecule has 3 fully saturated rings. The zero-order valence-corrected chi connectivity index (χ0v) is 17.6. The Morgan fingerprint density at radius 1 is 1.17 bits per heavy atom. The van der Waals surface area contributed by atoms with Crippen molar-refractivity contribution in [1.29, 1.82) is 0 Å². The summed E-state index contributed by atoms with van der Waals surface area (Å²) in [6.45, 7) is 2.23. The van der Waals surface area contributed by atoms with Gasteiger partial charge in [0.1, 0.15) is 11.6 Å². The Labute approximate surface area is 177 Å². The molecule has 6 rings (SSSR count). The molecule has 0 amide bonds. The normalized spacial score (nSPS) is 33.3. The number of nitrogens with zero attached hydrogens (tertiary/aromatic N) is 1. The maximum atomic E-state index is 12.2. The predicted molar refractivity (Wildman–Crippen MR) is 117 cm³/mol. The van der Waals surface area contributed by atoms with Crippen molar-refractivity contribution in [3.8, 4) is 12.3 Å². The number of hydrogen-bond acceptors (Lipinski definition) is 4. The fourth-order valence-electron chi connectivity index (χ4n) is 5.83. The van der Waals surface area contributed by atoms with Gasteiger partial charge in [0, 0.05) is 16.4 Å². The molecular weight excluding hydrogens is 378 g/mol. The van der Waals surface area contributed by atoms with Gasteiger partial charge in [-0.3, -0.25) is 4.90 Å². The summed E-state index contributed by atoms with van der Waals surface area (Å²) in [5.74, 6) is 3.53. The molecule has 1 aliphatic carbocycles. The monoisotopic (exact) mass is 407 g/mol. The molecule has 3 saturated heterocycles. The predicted octanol–water partition coefficient (Wildman–Crippen LogP) is 3.35. The van der Waals surface area contributed by atoms with Gasteiger partial charge in [0.2, 0.25) is 0 Å². The van der Waals surface area contributed by atoms with Crippen molar-refractivity contribution >= 4 is 11.3 Å². The van der Waals surface area contributed by atoms with E-state index in [-0.39, 0.29) is 18.6 Å². The van der Waals surface area contributed by atoms with Gasteiger partial charge in [-0.25, -0.2) is 0 Å². The lowest BCUT2D eigenvalue weighted by molar-refractivity contribution is -0.141. The number of aliphatic hydroxyl groups is 2.